The molecule has 3 aromatic rings. The van der Waals surface area contributed by atoms with E-state index in [1.54, 1.807) is 29.2 Å². The summed E-state index contributed by atoms with van der Waals surface area (Å²) in [5.41, 5.74) is 1.21. The average Bonchev–Trinajstić information content (AvgIpc) is 2.69. The predicted molar refractivity (Wildman–Crippen MR) is 105 cm³/mol. The van der Waals surface area contributed by atoms with E-state index in [9.17, 15) is 9.90 Å². The standard InChI is InChI=1S/C23H23NO2/c1-3-24(21-16-10-11-18(2)17-21)22(25)23(26,19-12-6-4-7-13-19)20-14-8-5-9-15-20/h4-17,26H,3H2,1-2H3. The van der Waals surface area contributed by atoms with Gasteiger partial charge in [0.05, 0.1) is 0 Å². The zero-order valence-electron chi connectivity index (χ0n) is 15.1. The lowest BCUT2D eigenvalue weighted by Crippen LogP contribution is -2.48. The van der Waals surface area contributed by atoms with Gasteiger partial charge in [-0.1, -0.05) is 72.8 Å². The molecule has 0 atom stereocenters. The molecule has 26 heavy (non-hydrogen) atoms. The summed E-state index contributed by atoms with van der Waals surface area (Å²) in [5.74, 6) is -0.358. The number of hydrogen-bond donors (Lipinski definition) is 1. The lowest BCUT2D eigenvalue weighted by atomic mass is 9.84. The molecule has 0 heterocycles. The second kappa shape index (κ2) is 7.54. The van der Waals surface area contributed by atoms with Crippen LogP contribution >= 0.6 is 0 Å². The minimum atomic E-state index is -1.75. The van der Waals surface area contributed by atoms with Gasteiger partial charge < -0.3 is 10.0 Å². The number of aliphatic hydroxyl groups is 1. The SMILES string of the molecule is CCN(C(=O)C(O)(c1ccccc1)c1ccccc1)c1cccc(C)c1. The van der Waals surface area contributed by atoms with E-state index < -0.39 is 5.60 Å². The van der Waals surface area contributed by atoms with Gasteiger partial charge in [0.25, 0.3) is 5.91 Å². The van der Waals surface area contributed by atoms with Gasteiger partial charge in [-0.15, -0.1) is 0 Å². The van der Waals surface area contributed by atoms with Gasteiger partial charge in [-0.05, 0) is 42.7 Å². The van der Waals surface area contributed by atoms with E-state index in [0.717, 1.165) is 11.3 Å². The zero-order chi connectivity index (χ0) is 18.6. The van der Waals surface area contributed by atoms with Gasteiger partial charge in [0.15, 0.2) is 5.60 Å². The molecule has 0 saturated carbocycles. The van der Waals surface area contributed by atoms with Gasteiger partial charge in [-0.25, -0.2) is 0 Å². The first kappa shape index (κ1) is 17.9. The summed E-state index contributed by atoms with van der Waals surface area (Å²) in [6.07, 6.45) is 0. The van der Waals surface area contributed by atoms with Crippen molar-refractivity contribution in [2.75, 3.05) is 11.4 Å². The molecule has 0 aliphatic heterocycles. The molecular weight excluding hydrogens is 322 g/mol. The Morgan fingerprint density at radius 1 is 0.885 bits per heavy atom. The van der Waals surface area contributed by atoms with Crippen molar-refractivity contribution >= 4 is 11.6 Å². The summed E-state index contributed by atoms with van der Waals surface area (Å²) < 4.78 is 0. The van der Waals surface area contributed by atoms with Gasteiger partial charge in [-0.2, -0.15) is 0 Å². The van der Waals surface area contributed by atoms with Crippen molar-refractivity contribution in [2.24, 2.45) is 0 Å². The van der Waals surface area contributed by atoms with Crippen LogP contribution in [0.15, 0.2) is 84.9 Å². The molecule has 132 valence electrons. The highest BCUT2D eigenvalue weighted by molar-refractivity contribution is 6.02. The fourth-order valence-electron chi connectivity index (χ4n) is 3.21. The minimum absolute atomic E-state index is 0.358. The van der Waals surface area contributed by atoms with E-state index in [0.29, 0.717) is 17.7 Å². The summed E-state index contributed by atoms with van der Waals surface area (Å²) >= 11 is 0. The van der Waals surface area contributed by atoms with Gasteiger partial charge in [0.2, 0.25) is 0 Å². The summed E-state index contributed by atoms with van der Waals surface area (Å²) in [4.78, 5) is 15.2. The smallest absolute Gasteiger partial charge is 0.268 e. The van der Waals surface area contributed by atoms with Gasteiger partial charge in [0.1, 0.15) is 0 Å². The van der Waals surface area contributed by atoms with Crippen molar-refractivity contribution in [3.63, 3.8) is 0 Å². The summed E-state index contributed by atoms with van der Waals surface area (Å²) in [6.45, 7) is 4.36. The molecule has 0 spiro atoms. The molecule has 3 rings (SSSR count). The highest BCUT2D eigenvalue weighted by Gasteiger charge is 2.42. The van der Waals surface area contributed by atoms with Crippen LogP contribution in [-0.4, -0.2) is 17.6 Å². The van der Waals surface area contributed by atoms with Crippen LogP contribution in [0.4, 0.5) is 5.69 Å². The first-order valence-electron chi connectivity index (χ1n) is 8.79. The molecule has 0 radical (unpaired) electrons. The second-order valence-electron chi connectivity index (χ2n) is 6.33. The highest BCUT2D eigenvalue weighted by atomic mass is 16.3. The predicted octanol–water partition coefficient (Wildman–Crippen LogP) is 4.28. The van der Waals surface area contributed by atoms with Crippen LogP contribution in [0.5, 0.6) is 0 Å². The molecule has 0 aliphatic rings. The van der Waals surface area contributed by atoms with E-state index in [1.807, 2.05) is 74.5 Å². The van der Waals surface area contributed by atoms with Crippen LogP contribution in [0.25, 0.3) is 0 Å². The molecule has 3 nitrogen and oxygen atoms in total. The third-order valence-corrected chi connectivity index (χ3v) is 4.57. The van der Waals surface area contributed by atoms with Crippen LogP contribution in [-0.2, 0) is 10.4 Å². The zero-order valence-corrected chi connectivity index (χ0v) is 15.1. The van der Waals surface area contributed by atoms with Crippen LogP contribution < -0.4 is 4.90 Å². The lowest BCUT2D eigenvalue weighted by Gasteiger charge is -2.34. The second-order valence-corrected chi connectivity index (χ2v) is 6.33. The number of carbonyl (C=O) groups is 1. The molecule has 1 amide bonds. The lowest BCUT2D eigenvalue weighted by molar-refractivity contribution is -0.133. The van der Waals surface area contributed by atoms with Crippen LogP contribution in [0, 0.1) is 6.92 Å². The number of benzene rings is 3. The molecule has 0 aromatic heterocycles. The molecule has 0 aliphatic carbocycles. The third-order valence-electron chi connectivity index (χ3n) is 4.57. The Bertz CT molecular complexity index is 835. The van der Waals surface area contributed by atoms with E-state index >= 15 is 0 Å². The summed E-state index contributed by atoms with van der Waals surface area (Å²) in [6, 6.07) is 26.0. The van der Waals surface area contributed by atoms with Gasteiger partial charge >= 0.3 is 0 Å². The van der Waals surface area contributed by atoms with E-state index in [1.165, 1.54) is 0 Å². The van der Waals surface area contributed by atoms with E-state index in [2.05, 4.69) is 0 Å². The largest absolute Gasteiger partial charge is 0.372 e. The maximum atomic E-state index is 13.6. The topological polar surface area (TPSA) is 40.5 Å². The van der Waals surface area contributed by atoms with Crippen LogP contribution in [0.1, 0.15) is 23.6 Å². The Labute approximate surface area is 154 Å². The molecule has 3 aromatic carbocycles. The Kier molecular flexibility index (Phi) is 5.19. The quantitative estimate of drug-likeness (QED) is 0.750. The molecule has 3 heteroatoms. The molecule has 0 fully saturated rings. The Morgan fingerprint density at radius 3 is 1.88 bits per heavy atom. The van der Waals surface area contributed by atoms with Crippen molar-refractivity contribution in [1.29, 1.82) is 0 Å². The van der Waals surface area contributed by atoms with Crippen molar-refractivity contribution in [3.8, 4) is 0 Å². The molecule has 0 bridgehead atoms. The van der Waals surface area contributed by atoms with Crippen molar-refractivity contribution < 1.29 is 9.90 Å². The summed E-state index contributed by atoms with van der Waals surface area (Å²) in [5, 5.41) is 11.7. The minimum Gasteiger partial charge on any atom is -0.372 e. The fourth-order valence-corrected chi connectivity index (χ4v) is 3.21. The number of nitrogens with zero attached hydrogens (tertiary/aromatic N) is 1. The number of hydrogen-bond acceptors (Lipinski definition) is 2. The molecule has 0 unspecified atom stereocenters. The number of anilines is 1. The number of likely N-dealkylation sites (N-methyl/N-ethyl adjacent to an activating group) is 1. The Balaban J connectivity index is 2.14. The first-order valence-corrected chi connectivity index (χ1v) is 8.79. The van der Waals surface area contributed by atoms with Gasteiger partial charge in [0, 0.05) is 12.2 Å². The monoisotopic (exact) mass is 345 g/mol. The number of amides is 1. The average molecular weight is 345 g/mol. The van der Waals surface area contributed by atoms with Crippen molar-refractivity contribution in [2.45, 2.75) is 19.4 Å². The third kappa shape index (κ3) is 3.26. The Hall–Kier alpha value is -2.91. The van der Waals surface area contributed by atoms with Crippen LogP contribution in [0.2, 0.25) is 0 Å². The number of aryl methyl sites for hydroxylation is 1. The van der Waals surface area contributed by atoms with Gasteiger partial charge in [-0.3, -0.25) is 4.79 Å². The number of carbonyl (C=O) groups excluding carboxylic acids is 1. The molecular formula is C23H23NO2. The fraction of sp³-hybridized carbons (Fsp3) is 0.174. The van der Waals surface area contributed by atoms with E-state index in [4.69, 9.17) is 0 Å². The van der Waals surface area contributed by atoms with Crippen LogP contribution in [0.3, 0.4) is 0 Å². The maximum absolute atomic E-state index is 13.6. The van der Waals surface area contributed by atoms with Crippen molar-refractivity contribution in [1.82, 2.24) is 0 Å². The van der Waals surface area contributed by atoms with Crippen molar-refractivity contribution in [3.05, 3.63) is 102 Å². The number of rotatable bonds is 5. The highest BCUT2D eigenvalue weighted by Crippen LogP contribution is 2.33. The maximum Gasteiger partial charge on any atom is 0.268 e. The molecule has 0 saturated heterocycles. The normalized spacial score (nSPS) is 11.2. The van der Waals surface area contributed by atoms with E-state index in [-0.39, 0.29) is 5.91 Å². The molecule has 1 N–H and O–H groups in total. The first-order chi connectivity index (χ1) is 12.6. The Morgan fingerprint density at radius 2 is 1.42 bits per heavy atom. The summed E-state index contributed by atoms with van der Waals surface area (Å²) in [7, 11) is 0.